The fourth-order valence-electron chi connectivity index (χ4n) is 24.2. The number of carboxylic acids is 1. The van der Waals surface area contributed by atoms with Gasteiger partial charge < -0.3 is 37.0 Å². The molecule has 10 aliphatic rings. The number of carboxylic acid groups (broad SMARTS) is 1. The number of ketones is 2. The molecule has 590 valence electrons. The zero-order valence-corrected chi connectivity index (χ0v) is 66.7. The number of hydrogen-bond donors (Lipinski definition) is 1. The first-order chi connectivity index (χ1) is 50.4. The Morgan fingerprint density at radius 1 is 0.528 bits per heavy atom. The fraction of sp³-hybridized carbons (Fsp3) is 0.663. The molecule has 0 bridgehead atoms. The van der Waals surface area contributed by atoms with E-state index >= 15 is 4.79 Å². The van der Waals surface area contributed by atoms with Crippen molar-refractivity contribution in [3.8, 4) is 0 Å². The minimum atomic E-state index is -4.64. The van der Waals surface area contributed by atoms with E-state index < -0.39 is 63.3 Å². The second-order valence-electron chi connectivity index (χ2n) is 36.7. The van der Waals surface area contributed by atoms with E-state index in [4.69, 9.17) is 59.9 Å². The Kier molecular flexibility index (Phi) is 22.4. The SMILES string of the molecule is Cc1oc(=O)oc1COC(=O)[C@]1(C)CCC[C@@]2(C)[C@H]1CC[C@]1(C)[C@@H]2C(=O)C=C2[C@@H]3C[C@@](C)(C(=O)O)CC[C@]3(C)CC[C@]21C.Cc1oc(=O)oc1COC(=O)[C@]1(C)CCC[C@@]2(C)[C@H]1CC[C@]1(C)[C@@H]2C(=O)C=C2[C@@H]3C[C@@](C)(C(=O)OC(c4ccccc4)c4ccccc4)CC[C@]3(C)CC[C@]21C.ClCCl.O=CC(F)(F)F. The lowest BCUT2D eigenvalue weighted by atomic mass is 9.33. The molecule has 8 saturated carbocycles. The molecule has 4 aromatic rings. The maximum absolute atomic E-state index is 15.0. The smallest absolute Gasteiger partial charge is 0.481 e. The van der Waals surface area contributed by atoms with Gasteiger partial charge in [-0.25, -0.2) is 9.59 Å². The summed E-state index contributed by atoms with van der Waals surface area (Å²) in [5.74, 6) is -2.18. The predicted octanol–water partition coefficient (Wildman–Crippen LogP) is 19.5. The number of rotatable bonds is 11. The molecule has 0 amide bonds. The maximum atomic E-state index is 15.0. The van der Waals surface area contributed by atoms with Crippen molar-refractivity contribution < 1.29 is 83.7 Å². The molecule has 2 aromatic heterocycles. The number of alkyl halides is 5. The van der Waals surface area contributed by atoms with Gasteiger partial charge in [0.25, 0.3) is 0 Å². The molecule has 8 fully saturated rings. The monoisotopic (exact) mass is 1540 g/mol. The minimum Gasteiger partial charge on any atom is -0.481 e. The molecule has 2 heterocycles. The quantitative estimate of drug-likeness (QED) is 0.0634. The molecule has 10 aliphatic carbocycles. The summed E-state index contributed by atoms with van der Waals surface area (Å²) in [6.07, 6.45) is 14.3. The van der Waals surface area contributed by atoms with Crippen LogP contribution in [-0.2, 0) is 61.0 Å². The normalized spacial score (nSPS) is 38.5. The van der Waals surface area contributed by atoms with Gasteiger partial charge in [-0.2, -0.15) is 13.2 Å². The average molecular weight is 1540 g/mol. The van der Waals surface area contributed by atoms with Crippen LogP contribution in [0.15, 0.2) is 111 Å². The van der Waals surface area contributed by atoms with E-state index in [1.807, 2.05) is 93.6 Å². The third-order valence-electron chi connectivity index (χ3n) is 30.9. The molecule has 0 unspecified atom stereocenters. The standard InChI is InChI=1S/C48H58O8.C35H48O8.C2HF3O.CH2Cl2/c1-30-36(55-42(52)54-30)29-53-41(51)46(5)21-14-20-45(4)37(46)19-22-48(7)39(45)35(49)27-33-34-28-44(3,24-23-43(34,2)25-26-47(33,48)6)40(50)56-38(31-15-10-8-11-16-31)32-17-12-9-13-18-32;1-20-24(43-29(40)42-20)19-41-28(39)33(5)11-8-10-32(4)25(33)9-12-35(7)26(32)23(36)17-21-22-18-31(3,27(37)38)14-13-30(22,2)15-16-34(21,35)6;3-2(4,5)1-6;2-1-3/h8-13,15-18,27,34,37-39H,14,19-26,28-29H2,1-7H3;17,22,25-26H,8-16,18-19H2,1-7H3,(H,37,38);1H;1H2/t34-,37+,39+,43+,44-,45-,46+,47+,48+;22-,25+,26+,30+,31-,32-,33+,34+,35+;;/m00../s1. The highest BCUT2D eigenvalue weighted by Gasteiger charge is 2.73. The summed E-state index contributed by atoms with van der Waals surface area (Å²) in [5.41, 5.74) is -0.624. The number of hydrogen-bond acceptors (Lipinski definition) is 16. The highest BCUT2D eigenvalue weighted by Crippen LogP contribution is 2.78. The number of aryl methyl sites for hydroxylation is 2. The third kappa shape index (κ3) is 13.9. The summed E-state index contributed by atoms with van der Waals surface area (Å²) in [6.45, 7) is 29.5. The first-order valence-corrected chi connectivity index (χ1v) is 39.7. The molecule has 0 aliphatic heterocycles. The topological polar surface area (TPSA) is 254 Å². The molecule has 108 heavy (non-hydrogen) atoms. The van der Waals surface area contributed by atoms with Crippen LogP contribution in [0.3, 0.4) is 0 Å². The number of carbonyl (C=O) groups excluding carboxylic acids is 6. The average Bonchev–Trinajstić information content (AvgIpc) is 0.704. The Labute approximate surface area is 641 Å². The van der Waals surface area contributed by atoms with Gasteiger partial charge in [0.05, 0.1) is 27.0 Å². The Hall–Kier alpha value is -6.80. The second kappa shape index (κ2) is 29.4. The van der Waals surface area contributed by atoms with Gasteiger partial charge >= 0.3 is 41.7 Å². The van der Waals surface area contributed by atoms with E-state index in [1.54, 1.807) is 13.8 Å². The van der Waals surface area contributed by atoms with E-state index in [0.29, 0.717) is 43.6 Å². The van der Waals surface area contributed by atoms with Gasteiger partial charge in [-0.05, 0) is 247 Å². The number of benzene rings is 2. The van der Waals surface area contributed by atoms with Crippen LogP contribution in [0.1, 0.15) is 252 Å². The summed E-state index contributed by atoms with van der Waals surface area (Å²) in [6, 6.07) is 19.9. The number of fused-ring (bicyclic) bond motifs is 14. The molecule has 22 heteroatoms. The van der Waals surface area contributed by atoms with E-state index in [2.05, 4.69) is 62.3 Å². The fourth-order valence-corrected chi connectivity index (χ4v) is 24.2. The largest absolute Gasteiger partial charge is 0.519 e. The number of aldehydes is 1. The van der Waals surface area contributed by atoms with Crippen molar-refractivity contribution in [1.29, 1.82) is 0 Å². The molecular formula is C86H109Cl2F3O17. The van der Waals surface area contributed by atoms with Crippen molar-refractivity contribution in [3.63, 3.8) is 0 Å². The highest BCUT2D eigenvalue weighted by molar-refractivity contribution is 6.40. The van der Waals surface area contributed by atoms with Crippen LogP contribution in [0.5, 0.6) is 0 Å². The van der Waals surface area contributed by atoms with Gasteiger partial charge in [0.15, 0.2) is 53.9 Å². The molecule has 0 radical (unpaired) electrons. The summed E-state index contributed by atoms with van der Waals surface area (Å²) >= 11 is 9.53. The third-order valence-corrected chi connectivity index (χ3v) is 30.9. The van der Waals surface area contributed by atoms with Gasteiger partial charge in [0.1, 0.15) is 0 Å². The summed E-state index contributed by atoms with van der Waals surface area (Å²) in [4.78, 5) is 116. The van der Waals surface area contributed by atoms with Crippen LogP contribution >= 0.6 is 23.2 Å². The van der Waals surface area contributed by atoms with Gasteiger partial charge in [-0.3, -0.25) is 33.6 Å². The number of aliphatic carboxylic acids is 1. The van der Waals surface area contributed by atoms with Crippen molar-refractivity contribution in [2.75, 3.05) is 5.34 Å². The van der Waals surface area contributed by atoms with E-state index in [1.165, 1.54) is 11.1 Å². The zero-order valence-electron chi connectivity index (χ0n) is 65.2. The zero-order chi connectivity index (χ0) is 79.2. The molecule has 18 atom stereocenters. The summed E-state index contributed by atoms with van der Waals surface area (Å²) in [7, 11) is 0. The van der Waals surface area contributed by atoms with Crippen molar-refractivity contribution in [2.24, 2.45) is 100 Å². The molecule has 1 N–H and O–H groups in total. The number of esters is 3. The highest BCUT2D eigenvalue weighted by atomic mass is 35.5. The lowest BCUT2D eigenvalue weighted by molar-refractivity contribution is -0.201. The van der Waals surface area contributed by atoms with Gasteiger partial charge in [0.2, 0.25) is 6.29 Å². The maximum Gasteiger partial charge on any atom is 0.519 e. The van der Waals surface area contributed by atoms with Crippen LogP contribution in [0.2, 0.25) is 0 Å². The van der Waals surface area contributed by atoms with Crippen LogP contribution in [0.25, 0.3) is 0 Å². The van der Waals surface area contributed by atoms with Crippen molar-refractivity contribution >= 4 is 64.9 Å². The molecule has 17 nitrogen and oxygen atoms in total. The van der Waals surface area contributed by atoms with Gasteiger partial charge in [-0.15, -0.1) is 23.2 Å². The van der Waals surface area contributed by atoms with Crippen molar-refractivity contribution in [3.05, 3.63) is 139 Å². The Morgan fingerprint density at radius 2 is 0.889 bits per heavy atom. The van der Waals surface area contributed by atoms with Crippen LogP contribution in [-0.4, -0.2) is 58.4 Å². The van der Waals surface area contributed by atoms with Gasteiger partial charge in [0, 0.05) is 11.8 Å². The molecule has 14 rings (SSSR count). The number of ether oxygens (including phenoxy) is 3. The van der Waals surface area contributed by atoms with Crippen molar-refractivity contribution in [1.82, 2.24) is 0 Å². The van der Waals surface area contributed by atoms with E-state index in [-0.39, 0.29) is 133 Å². The van der Waals surface area contributed by atoms with E-state index in [9.17, 15) is 51.8 Å². The van der Waals surface area contributed by atoms with Gasteiger partial charge in [-0.1, -0.05) is 140 Å². The minimum absolute atomic E-state index is 0.00450. The Bertz CT molecular complexity index is 4270. The number of carbonyl (C=O) groups is 7. The first kappa shape index (κ1) is 82.2. The van der Waals surface area contributed by atoms with Crippen LogP contribution < -0.4 is 11.6 Å². The molecular weight excluding hydrogens is 1430 g/mol. The predicted molar refractivity (Wildman–Crippen MR) is 397 cm³/mol. The lowest BCUT2D eigenvalue weighted by Gasteiger charge is -2.70. The Balaban J connectivity index is 0.000000198. The van der Waals surface area contributed by atoms with E-state index in [0.717, 1.165) is 107 Å². The van der Waals surface area contributed by atoms with Crippen LogP contribution in [0, 0.1) is 114 Å². The summed E-state index contributed by atoms with van der Waals surface area (Å²) < 4.78 is 69.5. The first-order valence-electron chi connectivity index (χ1n) is 38.6. The number of halogens is 5. The lowest BCUT2D eigenvalue weighted by Crippen LogP contribution is -2.66. The van der Waals surface area contributed by atoms with Crippen LogP contribution in [0.4, 0.5) is 13.2 Å². The molecule has 0 spiro atoms. The second-order valence-corrected chi connectivity index (χ2v) is 37.5. The Morgan fingerprint density at radius 3 is 1.24 bits per heavy atom. The molecule has 2 aromatic carbocycles. The van der Waals surface area contributed by atoms with Crippen molar-refractivity contribution in [2.45, 2.75) is 251 Å². The number of allylic oxidation sites excluding steroid dienone is 4. The summed E-state index contributed by atoms with van der Waals surface area (Å²) in [5, 5.41) is 10.3. The molecule has 0 saturated heterocycles.